The lowest BCUT2D eigenvalue weighted by molar-refractivity contribution is 0.461. The van der Waals surface area contributed by atoms with Gasteiger partial charge in [-0.25, -0.2) is 13.1 Å². The van der Waals surface area contributed by atoms with Gasteiger partial charge in [0, 0.05) is 24.2 Å². The van der Waals surface area contributed by atoms with Gasteiger partial charge in [-0.1, -0.05) is 48.5 Å². The minimum atomic E-state index is -3.60. The Hall–Kier alpha value is -3.26. The van der Waals surface area contributed by atoms with Crippen molar-refractivity contribution in [2.24, 2.45) is 0 Å². The Labute approximate surface area is 168 Å². The summed E-state index contributed by atoms with van der Waals surface area (Å²) < 4.78 is 33.2. The first-order valence-electron chi connectivity index (χ1n) is 9.15. The van der Waals surface area contributed by atoms with Crippen LogP contribution < -0.4 is 0 Å². The number of nitrogens with zero attached hydrogens (tertiary/aromatic N) is 4. The largest absolute Gasteiger partial charge is 0.424 e. The summed E-state index contributed by atoms with van der Waals surface area (Å²) >= 11 is 0. The maximum absolute atomic E-state index is 13.1. The first-order chi connectivity index (χ1) is 13.9. The Kier molecular flexibility index (Phi) is 5.02. The van der Waals surface area contributed by atoms with E-state index in [1.54, 1.807) is 24.7 Å². The van der Waals surface area contributed by atoms with Crippen LogP contribution in [0, 0.1) is 6.92 Å². The second kappa shape index (κ2) is 7.63. The van der Waals surface area contributed by atoms with Crippen molar-refractivity contribution in [3.05, 3.63) is 84.2 Å². The minimum Gasteiger partial charge on any atom is -0.424 e. The molecule has 0 spiro atoms. The van der Waals surface area contributed by atoms with Crippen LogP contribution in [0.3, 0.4) is 0 Å². The number of hydrogen-bond donors (Lipinski definition) is 0. The summed E-state index contributed by atoms with van der Waals surface area (Å²) in [4.78, 5) is 0. The standard InChI is InChI=1S/C21H20N4O3S/c1-15(21-23-22-16(2)28-21)29(26,27)14-18-13-25(19-11-7-4-8-12-19)24-20(18)17-9-5-3-6-10-17/h3-13,15H,14H2,1-2H3/t15-/m1/s1. The zero-order valence-electron chi connectivity index (χ0n) is 16.1. The Bertz CT molecular complexity index is 1220. The van der Waals surface area contributed by atoms with Crippen LogP contribution in [0.5, 0.6) is 0 Å². The van der Waals surface area contributed by atoms with Gasteiger partial charge in [0.2, 0.25) is 11.8 Å². The number of aromatic nitrogens is 4. The van der Waals surface area contributed by atoms with Crippen LogP contribution in [0.2, 0.25) is 0 Å². The molecule has 0 unspecified atom stereocenters. The first-order valence-corrected chi connectivity index (χ1v) is 10.9. The molecule has 0 aliphatic carbocycles. The normalized spacial score (nSPS) is 12.8. The van der Waals surface area contributed by atoms with Crippen LogP contribution >= 0.6 is 0 Å². The molecule has 2 aromatic heterocycles. The van der Waals surface area contributed by atoms with Gasteiger partial charge in [-0.2, -0.15) is 5.10 Å². The molecular formula is C21H20N4O3S. The van der Waals surface area contributed by atoms with Gasteiger partial charge in [0.25, 0.3) is 0 Å². The molecule has 4 rings (SSSR count). The summed E-state index contributed by atoms with van der Waals surface area (Å²) in [5.41, 5.74) is 2.96. The molecule has 148 valence electrons. The Morgan fingerprint density at radius 3 is 2.28 bits per heavy atom. The predicted octanol–water partition coefficient (Wildman–Crippen LogP) is 3.91. The molecule has 2 aromatic carbocycles. The lowest BCUT2D eigenvalue weighted by atomic mass is 10.1. The van der Waals surface area contributed by atoms with Gasteiger partial charge in [0.05, 0.1) is 17.1 Å². The van der Waals surface area contributed by atoms with Crippen molar-refractivity contribution >= 4 is 9.84 Å². The topological polar surface area (TPSA) is 90.9 Å². The predicted molar refractivity (Wildman–Crippen MR) is 109 cm³/mol. The molecule has 0 bridgehead atoms. The molecule has 0 fully saturated rings. The van der Waals surface area contributed by atoms with E-state index in [9.17, 15) is 8.42 Å². The van der Waals surface area contributed by atoms with E-state index >= 15 is 0 Å². The quantitative estimate of drug-likeness (QED) is 0.480. The number of para-hydroxylation sites is 1. The first kappa shape index (κ1) is 19.1. The van der Waals surface area contributed by atoms with E-state index in [2.05, 4.69) is 15.3 Å². The van der Waals surface area contributed by atoms with Crippen molar-refractivity contribution in [3.8, 4) is 16.9 Å². The van der Waals surface area contributed by atoms with Crippen LogP contribution in [-0.4, -0.2) is 28.4 Å². The molecule has 0 radical (unpaired) electrons. The van der Waals surface area contributed by atoms with E-state index in [0.717, 1.165) is 11.3 Å². The van der Waals surface area contributed by atoms with Gasteiger partial charge in [-0.3, -0.25) is 0 Å². The lowest BCUT2D eigenvalue weighted by Crippen LogP contribution is -2.13. The average molecular weight is 408 g/mol. The highest BCUT2D eigenvalue weighted by molar-refractivity contribution is 7.90. The average Bonchev–Trinajstić information content (AvgIpc) is 3.35. The highest BCUT2D eigenvalue weighted by Gasteiger charge is 2.29. The molecule has 0 aliphatic rings. The van der Waals surface area contributed by atoms with E-state index < -0.39 is 15.1 Å². The summed E-state index contributed by atoms with van der Waals surface area (Å²) in [5.74, 6) is 0.246. The molecule has 29 heavy (non-hydrogen) atoms. The molecule has 0 saturated carbocycles. The van der Waals surface area contributed by atoms with E-state index in [4.69, 9.17) is 4.42 Å². The third-order valence-corrected chi connectivity index (χ3v) is 6.64. The van der Waals surface area contributed by atoms with Crippen LogP contribution in [0.1, 0.15) is 29.5 Å². The molecule has 0 N–H and O–H groups in total. The van der Waals surface area contributed by atoms with Crippen LogP contribution in [-0.2, 0) is 15.6 Å². The molecule has 0 saturated heterocycles. The molecule has 4 aromatic rings. The van der Waals surface area contributed by atoms with Crippen molar-refractivity contribution in [1.82, 2.24) is 20.0 Å². The van der Waals surface area contributed by atoms with E-state index in [1.807, 2.05) is 60.7 Å². The van der Waals surface area contributed by atoms with Gasteiger partial charge in [0.1, 0.15) is 5.25 Å². The fraction of sp³-hybridized carbons (Fsp3) is 0.190. The van der Waals surface area contributed by atoms with Crippen molar-refractivity contribution < 1.29 is 12.8 Å². The summed E-state index contributed by atoms with van der Waals surface area (Å²) in [6, 6.07) is 19.1. The number of sulfone groups is 1. The fourth-order valence-electron chi connectivity index (χ4n) is 3.04. The number of rotatable bonds is 6. The molecule has 0 aliphatic heterocycles. The summed E-state index contributed by atoms with van der Waals surface area (Å²) in [7, 11) is -3.60. The number of hydrogen-bond acceptors (Lipinski definition) is 6. The Morgan fingerprint density at radius 2 is 1.66 bits per heavy atom. The smallest absolute Gasteiger partial charge is 0.234 e. The second-order valence-electron chi connectivity index (χ2n) is 6.76. The highest BCUT2D eigenvalue weighted by atomic mass is 32.2. The Morgan fingerprint density at radius 1 is 1.00 bits per heavy atom. The molecule has 2 heterocycles. The molecule has 0 amide bonds. The van der Waals surface area contributed by atoms with E-state index in [-0.39, 0.29) is 11.6 Å². The molecule has 8 heteroatoms. The highest BCUT2D eigenvalue weighted by Crippen LogP contribution is 2.29. The van der Waals surface area contributed by atoms with Gasteiger partial charge in [-0.05, 0) is 19.1 Å². The lowest BCUT2D eigenvalue weighted by Gasteiger charge is -2.09. The van der Waals surface area contributed by atoms with Gasteiger partial charge in [0.15, 0.2) is 9.84 Å². The molecule has 1 atom stereocenters. The van der Waals surface area contributed by atoms with Crippen molar-refractivity contribution in [2.45, 2.75) is 24.9 Å². The van der Waals surface area contributed by atoms with Crippen molar-refractivity contribution in [2.75, 3.05) is 0 Å². The number of aryl methyl sites for hydroxylation is 1. The fourth-order valence-corrected chi connectivity index (χ4v) is 4.34. The van der Waals surface area contributed by atoms with Gasteiger partial charge >= 0.3 is 0 Å². The molecular weight excluding hydrogens is 388 g/mol. The van der Waals surface area contributed by atoms with Crippen LogP contribution in [0.25, 0.3) is 16.9 Å². The second-order valence-corrected chi connectivity index (χ2v) is 9.08. The Balaban J connectivity index is 1.75. The zero-order valence-corrected chi connectivity index (χ0v) is 16.9. The van der Waals surface area contributed by atoms with E-state index in [0.29, 0.717) is 17.1 Å². The maximum Gasteiger partial charge on any atom is 0.234 e. The SMILES string of the molecule is Cc1nnc([C@@H](C)S(=O)(=O)Cc2cn(-c3ccccc3)nc2-c2ccccc2)o1. The van der Waals surface area contributed by atoms with E-state index in [1.165, 1.54) is 0 Å². The molecule has 7 nitrogen and oxygen atoms in total. The third-order valence-electron chi connectivity index (χ3n) is 4.64. The van der Waals surface area contributed by atoms with Crippen molar-refractivity contribution in [3.63, 3.8) is 0 Å². The van der Waals surface area contributed by atoms with Crippen molar-refractivity contribution in [1.29, 1.82) is 0 Å². The zero-order chi connectivity index (χ0) is 20.4. The summed E-state index contributed by atoms with van der Waals surface area (Å²) in [6.45, 7) is 3.19. The maximum atomic E-state index is 13.1. The minimum absolute atomic E-state index is 0.0965. The summed E-state index contributed by atoms with van der Waals surface area (Å²) in [5, 5.41) is 11.4. The third kappa shape index (κ3) is 3.97. The summed E-state index contributed by atoms with van der Waals surface area (Å²) in [6.07, 6.45) is 1.76. The van der Waals surface area contributed by atoms with Crippen LogP contribution in [0.15, 0.2) is 71.3 Å². The van der Waals surface area contributed by atoms with Gasteiger partial charge < -0.3 is 4.42 Å². The van der Waals surface area contributed by atoms with Gasteiger partial charge in [-0.15, -0.1) is 10.2 Å². The monoisotopic (exact) mass is 408 g/mol. The van der Waals surface area contributed by atoms with Crippen LogP contribution in [0.4, 0.5) is 0 Å². The number of benzene rings is 2.